The normalized spacial score (nSPS) is 10.2. The van der Waals surface area contributed by atoms with Crippen LogP contribution in [0.1, 0.15) is 0 Å². The Kier molecular flexibility index (Phi) is 2.52. The van der Waals surface area contributed by atoms with Crippen LogP contribution in [-0.4, -0.2) is 10.2 Å². The van der Waals surface area contributed by atoms with E-state index in [4.69, 9.17) is 11.6 Å². The lowest BCUT2D eigenvalue weighted by molar-refractivity contribution is 0.452. The molecule has 0 amide bonds. The van der Waals surface area contributed by atoms with Crippen molar-refractivity contribution in [2.24, 2.45) is 0 Å². The molecule has 0 aliphatic carbocycles. The Bertz CT molecular complexity index is 480. The average Bonchev–Trinajstić information content (AvgIpc) is 2.27. The Balaban J connectivity index is 2.60. The Morgan fingerprint density at radius 3 is 2.20 bits per heavy atom. The van der Waals surface area contributed by atoms with Crippen molar-refractivity contribution >= 4 is 11.6 Å². The molecule has 0 heterocycles. The van der Waals surface area contributed by atoms with Crippen LogP contribution in [0.15, 0.2) is 42.5 Å². The first-order valence-corrected chi connectivity index (χ1v) is 4.84. The van der Waals surface area contributed by atoms with E-state index in [2.05, 4.69) is 0 Å². The fraction of sp³-hybridized carbons (Fsp3) is 0. The second-order valence-electron chi connectivity index (χ2n) is 3.16. The van der Waals surface area contributed by atoms with Gasteiger partial charge in [0.15, 0.2) is 0 Å². The highest BCUT2D eigenvalue weighted by Crippen LogP contribution is 2.40. The van der Waals surface area contributed by atoms with E-state index in [1.54, 1.807) is 6.07 Å². The lowest BCUT2D eigenvalue weighted by Crippen LogP contribution is -1.80. The molecule has 0 aliphatic heterocycles. The molecule has 0 spiro atoms. The minimum absolute atomic E-state index is 0.0173. The molecule has 15 heavy (non-hydrogen) atoms. The third kappa shape index (κ3) is 1.76. The molecule has 2 N–H and O–H groups in total. The van der Waals surface area contributed by atoms with E-state index >= 15 is 0 Å². The maximum atomic E-state index is 9.74. The number of phenols is 2. The zero-order valence-corrected chi connectivity index (χ0v) is 8.57. The van der Waals surface area contributed by atoms with Crippen molar-refractivity contribution < 1.29 is 10.2 Å². The number of halogens is 1. The first-order valence-electron chi connectivity index (χ1n) is 4.46. The molecule has 0 aliphatic rings. The van der Waals surface area contributed by atoms with Crippen LogP contribution in [0.4, 0.5) is 0 Å². The van der Waals surface area contributed by atoms with E-state index in [0.29, 0.717) is 5.56 Å². The fourth-order valence-electron chi connectivity index (χ4n) is 1.40. The quantitative estimate of drug-likeness (QED) is 0.773. The fourth-order valence-corrected chi connectivity index (χ4v) is 1.57. The first kappa shape index (κ1) is 9.87. The molecule has 2 rings (SSSR count). The van der Waals surface area contributed by atoms with Crippen LogP contribution in [0.2, 0.25) is 5.02 Å². The van der Waals surface area contributed by atoms with Crippen LogP contribution in [0.3, 0.4) is 0 Å². The van der Waals surface area contributed by atoms with Crippen molar-refractivity contribution in [1.82, 2.24) is 0 Å². The third-order valence-corrected chi connectivity index (χ3v) is 2.55. The van der Waals surface area contributed by atoms with Crippen LogP contribution in [-0.2, 0) is 0 Å². The summed E-state index contributed by atoms with van der Waals surface area (Å²) in [5.74, 6) is -0.211. The molecule has 2 aromatic carbocycles. The molecule has 0 atom stereocenters. The summed E-state index contributed by atoms with van der Waals surface area (Å²) in [5.41, 5.74) is 1.47. The lowest BCUT2D eigenvalue weighted by Gasteiger charge is -2.07. The van der Waals surface area contributed by atoms with Crippen LogP contribution in [0.5, 0.6) is 11.5 Å². The molecule has 76 valence electrons. The molecule has 0 saturated heterocycles. The van der Waals surface area contributed by atoms with Crippen LogP contribution >= 0.6 is 11.6 Å². The summed E-state index contributed by atoms with van der Waals surface area (Å²) in [6.45, 7) is 0. The topological polar surface area (TPSA) is 40.5 Å². The van der Waals surface area contributed by atoms with Gasteiger partial charge in [0.05, 0.1) is 0 Å². The van der Waals surface area contributed by atoms with Gasteiger partial charge in [0.2, 0.25) is 0 Å². The number of aromatic hydroxyl groups is 2. The summed E-state index contributed by atoms with van der Waals surface area (Å²) in [6.07, 6.45) is 0. The van der Waals surface area contributed by atoms with Crippen molar-refractivity contribution in [3.8, 4) is 22.6 Å². The highest BCUT2D eigenvalue weighted by Gasteiger charge is 2.10. The number of hydrogen-bond acceptors (Lipinski definition) is 2. The molecular formula is C12H9ClO2. The molecule has 3 heteroatoms. The summed E-state index contributed by atoms with van der Waals surface area (Å²) in [5, 5.41) is 19.0. The van der Waals surface area contributed by atoms with Crippen LogP contribution in [0, 0.1) is 0 Å². The van der Waals surface area contributed by atoms with Gasteiger partial charge in [-0.1, -0.05) is 41.9 Å². The summed E-state index contributed by atoms with van der Waals surface area (Å²) < 4.78 is 0. The van der Waals surface area contributed by atoms with Crippen molar-refractivity contribution in [1.29, 1.82) is 0 Å². The van der Waals surface area contributed by atoms with Gasteiger partial charge >= 0.3 is 0 Å². The maximum Gasteiger partial charge on any atom is 0.145 e. The van der Waals surface area contributed by atoms with Crippen LogP contribution in [0.25, 0.3) is 11.1 Å². The number of phenolic OH excluding ortho intramolecular Hbond substituents is 2. The molecule has 0 radical (unpaired) electrons. The van der Waals surface area contributed by atoms with Crippen LogP contribution < -0.4 is 0 Å². The van der Waals surface area contributed by atoms with Gasteiger partial charge in [0.25, 0.3) is 0 Å². The molecule has 0 saturated carbocycles. The van der Waals surface area contributed by atoms with Gasteiger partial charge in [-0.2, -0.15) is 0 Å². The summed E-state index contributed by atoms with van der Waals surface area (Å²) in [7, 11) is 0. The van der Waals surface area contributed by atoms with E-state index in [9.17, 15) is 10.2 Å². The molecule has 0 aromatic heterocycles. The first-order chi connectivity index (χ1) is 7.20. The summed E-state index contributed by atoms with van der Waals surface area (Å²) in [4.78, 5) is 0. The Morgan fingerprint density at radius 1 is 0.867 bits per heavy atom. The zero-order valence-electron chi connectivity index (χ0n) is 7.81. The van der Waals surface area contributed by atoms with Crippen molar-refractivity contribution in [2.75, 3.05) is 0 Å². The van der Waals surface area contributed by atoms with Crippen molar-refractivity contribution in [3.63, 3.8) is 0 Å². The van der Waals surface area contributed by atoms with Gasteiger partial charge in [-0.15, -0.1) is 0 Å². The van der Waals surface area contributed by atoms with E-state index in [0.717, 1.165) is 5.56 Å². The van der Waals surface area contributed by atoms with Gasteiger partial charge in [0.1, 0.15) is 16.5 Å². The zero-order chi connectivity index (χ0) is 10.8. The largest absolute Gasteiger partial charge is 0.506 e. The summed E-state index contributed by atoms with van der Waals surface area (Å²) in [6, 6.07) is 12.5. The van der Waals surface area contributed by atoms with Gasteiger partial charge in [-0.05, 0) is 17.7 Å². The summed E-state index contributed by atoms with van der Waals surface area (Å²) >= 11 is 5.73. The van der Waals surface area contributed by atoms with E-state index in [1.807, 2.05) is 30.3 Å². The molecule has 2 nitrogen and oxygen atoms in total. The second kappa shape index (κ2) is 3.83. The van der Waals surface area contributed by atoms with E-state index < -0.39 is 0 Å². The van der Waals surface area contributed by atoms with E-state index in [-0.39, 0.29) is 16.5 Å². The molecular weight excluding hydrogens is 212 g/mol. The van der Waals surface area contributed by atoms with E-state index in [1.165, 1.54) is 6.07 Å². The molecule has 0 bridgehead atoms. The molecule has 0 fully saturated rings. The monoisotopic (exact) mass is 220 g/mol. The average molecular weight is 221 g/mol. The second-order valence-corrected chi connectivity index (χ2v) is 3.54. The van der Waals surface area contributed by atoms with Gasteiger partial charge in [-0.25, -0.2) is 0 Å². The van der Waals surface area contributed by atoms with Crippen molar-refractivity contribution in [2.45, 2.75) is 0 Å². The highest BCUT2D eigenvalue weighted by molar-refractivity contribution is 6.34. The maximum absolute atomic E-state index is 9.74. The SMILES string of the molecule is Oc1ccc(-c2ccccc2)c(O)c1Cl. The predicted octanol–water partition coefficient (Wildman–Crippen LogP) is 3.42. The molecule has 2 aromatic rings. The standard InChI is InChI=1S/C12H9ClO2/c13-11-10(14)7-6-9(12(11)15)8-4-2-1-3-5-8/h1-7,14-15H. The number of hydrogen-bond donors (Lipinski definition) is 2. The Hall–Kier alpha value is -1.67. The highest BCUT2D eigenvalue weighted by atomic mass is 35.5. The lowest BCUT2D eigenvalue weighted by atomic mass is 10.0. The van der Waals surface area contributed by atoms with Gasteiger partial charge < -0.3 is 10.2 Å². The van der Waals surface area contributed by atoms with Gasteiger partial charge in [0, 0.05) is 5.56 Å². The Morgan fingerprint density at radius 2 is 1.53 bits per heavy atom. The van der Waals surface area contributed by atoms with Crippen molar-refractivity contribution in [3.05, 3.63) is 47.5 Å². The minimum Gasteiger partial charge on any atom is -0.506 e. The minimum atomic E-state index is -0.117. The molecule has 0 unspecified atom stereocenters. The number of rotatable bonds is 1. The predicted molar refractivity (Wildman–Crippen MR) is 60.2 cm³/mol. The number of benzene rings is 2. The third-order valence-electron chi connectivity index (χ3n) is 2.18. The Labute approximate surface area is 92.4 Å². The smallest absolute Gasteiger partial charge is 0.145 e. The van der Waals surface area contributed by atoms with Gasteiger partial charge in [-0.3, -0.25) is 0 Å².